The maximum atomic E-state index is 10.9. The monoisotopic (exact) mass is 410 g/mol. The third kappa shape index (κ3) is 6.24. The fourth-order valence-corrected chi connectivity index (χ4v) is 3.32. The van der Waals surface area contributed by atoms with Crippen LogP contribution >= 0.6 is 0 Å². The standard InChI is InChI=1S/C24H30N2O4/c1-2-3-4-7-16-26(24-25-21-10-5-6-11-22(21)30-24)17-8-9-18-29-20-14-12-19(13-15-20)23(27)28/h5-6,10-15H,2-4,7-9,16-18H2,1H3,(H,27,28). The first kappa shape index (κ1) is 21.7. The van der Waals surface area contributed by atoms with E-state index in [1.165, 1.54) is 19.3 Å². The maximum Gasteiger partial charge on any atom is 0.335 e. The second-order valence-electron chi connectivity index (χ2n) is 7.40. The van der Waals surface area contributed by atoms with E-state index < -0.39 is 5.97 Å². The number of carbonyl (C=O) groups is 1. The van der Waals surface area contributed by atoms with Gasteiger partial charge < -0.3 is 19.2 Å². The van der Waals surface area contributed by atoms with Crippen LogP contribution in [0.2, 0.25) is 0 Å². The predicted octanol–water partition coefficient (Wildman–Crippen LogP) is 5.77. The molecule has 0 aliphatic rings. The van der Waals surface area contributed by atoms with Crippen LogP contribution in [0.1, 0.15) is 55.8 Å². The molecule has 0 unspecified atom stereocenters. The molecule has 0 fully saturated rings. The Hall–Kier alpha value is -3.02. The molecule has 0 saturated carbocycles. The zero-order valence-electron chi connectivity index (χ0n) is 17.5. The van der Waals surface area contributed by atoms with Crippen molar-refractivity contribution in [1.29, 1.82) is 0 Å². The minimum Gasteiger partial charge on any atom is -0.494 e. The lowest BCUT2D eigenvalue weighted by atomic mass is 10.2. The molecule has 1 aromatic heterocycles. The minimum absolute atomic E-state index is 0.263. The number of carboxylic acid groups (broad SMARTS) is 1. The van der Waals surface area contributed by atoms with Gasteiger partial charge in [-0.05, 0) is 55.7 Å². The van der Waals surface area contributed by atoms with E-state index >= 15 is 0 Å². The summed E-state index contributed by atoms with van der Waals surface area (Å²) in [5.74, 6) is -0.241. The number of oxazole rings is 1. The summed E-state index contributed by atoms with van der Waals surface area (Å²) in [5, 5.41) is 8.95. The van der Waals surface area contributed by atoms with E-state index in [4.69, 9.17) is 14.3 Å². The fourth-order valence-electron chi connectivity index (χ4n) is 3.32. The Morgan fingerprint density at radius 1 is 1.00 bits per heavy atom. The molecule has 160 valence electrons. The summed E-state index contributed by atoms with van der Waals surface area (Å²) in [6.45, 7) is 4.60. The minimum atomic E-state index is -0.931. The highest BCUT2D eigenvalue weighted by atomic mass is 16.5. The Balaban J connectivity index is 1.49. The molecule has 0 radical (unpaired) electrons. The Morgan fingerprint density at radius 3 is 2.43 bits per heavy atom. The number of rotatable bonds is 13. The van der Waals surface area contributed by atoms with E-state index in [9.17, 15) is 4.79 Å². The number of aromatic carboxylic acids is 1. The molecule has 0 amide bonds. The Labute approximate surface area is 177 Å². The lowest BCUT2D eigenvalue weighted by Gasteiger charge is -2.20. The van der Waals surface area contributed by atoms with E-state index in [1.807, 2.05) is 24.3 Å². The lowest BCUT2D eigenvalue weighted by Crippen LogP contribution is -2.26. The lowest BCUT2D eigenvalue weighted by molar-refractivity contribution is 0.0697. The normalized spacial score (nSPS) is 11.0. The van der Waals surface area contributed by atoms with E-state index in [2.05, 4.69) is 16.8 Å². The highest BCUT2D eigenvalue weighted by molar-refractivity contribution is 5.87. The smallest absolute Gasteiger partial charge is 0.335 e. The summed E-state index contributed by atoms with van der Waals surface area (Å²) in [6.07, 6.45) is 6.65. The average Bonchev–Trinajstić information content (AvgIpc) is 3.19. The summed E-state index contributed by atoms with van der Waals surface area (Å²) in [5.41, 5.74) is 1.97. The number of fused-ring (bicyclic) bond motifs is 1. The van der Waals surface area contributed by atoms with Crippen molar-refractivity contribution in [2.45, 2.75) is 45.4 Å². The molecule has 0 bridgehead atoms. The number of para-hydroxylation sites is 2. The number of anilines is 1. The van der Waals surface area contributed by atoms with Gasteiger partial charge in [-0.25, -0.2) is 4.79 Å². The van der Waals surface area contributed by atoms with Gasteiger partial charge in [-0.15, -0.1) is 0 Å². The molecule has 2 aromatic carbocycles. The van der Waals surface area contributed by atoms with Crippen molar-refractivity contribution >= 4 is 23.1 Å². The van der Waals surface area contributed by atoms with E-state index in [0.717, 1.165) is 43.5 Å². The Kier molecular flexibility index (Phi) is 8.12. The van der Waals surface area contributed by atoms with Gasteiger partial charge in [0.1, 0.15) is 11.3 Å². The molecule has 0 aliphatic heterocycles. The van der Waals surface area contributed by atoms with Gasteiger partial charge in [0.2, 0.25) is 0 Å². The first-order valence-electron chi connectivity index (χ1n) is 10.7. The molecule has 0 atom stereocenters. The van der Waals surface area contributed by atoms with Crippen molar-refractivity contribution in [2.24, 2.45) is 0 Å². The number of unbranched alkanes of at least 4 members (excludes halogenated alkanes) is 4. The van der Waals surface area contributed by atoms with Gasteiger partial charge in [0, 0.05) is 13.1 Å². The van der Waals surface area contributed by atoms with Crippen molar-refractivity contribution in [1.82, 2.24) is 4.98 Å². The first-order valence-corrected chi connectivity index (χ1v) is 10.7. The molecular formula is C24H30N2O4. The predicted molar refractivity (Wildman–Crippen MR) is 118 cm³/mol. The van der Waals surface area contributed by atoms with Gasteiger partial charge in [0.05, 0.1) is 12.2 Å². The molecule has 0 saturated heterocycles. The van der Waals surface area contributed by atoms with Crippen LogP contribution in [0.5, 0.6) is 5.75 Å². The van der Waals surface area contributed by atoms with Crippen LogP contribution in [0.15, 0.2) is 52.9 Å². The number of hydrogen-bond acceptors (Lipinski definition) is 5. The molecule has 1 heterocycles. The highest BCUT2D eigenvalue weighted by Gasteiger charge is 2.13. The zero-order chi connectivity index (χ0) is 21.2. The van der Waals surface area contributed by atoms with E-state index in [1.54, 1.807) is 24.3 Å². The topological polar surface area (TPSA) is 75.8 Å². The summed E-state index contributed by atoms with van der Waals surface area (Å²) < 4.78 is 11.7. The number of aromatic nitrogens is 1. The van der Waals surface area contributed by atoms with Crippen LogP contribution in [-0.4, -0.2) is 35.8 Å². The van der Waals surface area contributed by atoms with Gasteiger partial charge in [0.25, 0.3) is 6.01 Å². The fraction of sp³-hybridized carbons (Fsp3) is 0.417. The number of benzene rings is 2. The first-order chi connectivity index (χ1) is 14.7. The van der Waals surface area contributed by atoms with Crippen LogP contribution in [0, 0.1) is 0 Å². The molecule has 0 spiro atoms. The van der Waals surface area contributed by atoms with Gasteiger partial charge >= 0.3 is 5.97 Å². The van der Waals surface area contributed by atoms with E-state index in [0.29, 0.717) is 18.4 Å². The average molecular weight is 411 g/mol. The number of ether oxygens (including phenoxy) is 1. The molecular weight excluding hydrogens is 380 g/mol. The van der Waals surface area contributed by atoms with Gasteiger partial charge in [-0.1, -0.05) is 38.3 Å². The summed E-state index contributed by atoms with van der Waals surface area (Å²) in [7, 11) is 0. The Morgan fingerprint density at radius 2 is 1.73 bits per heavy atom. The van der Waals surface area contributed by atoms with Crippen LogP contribution < -0.4 is 9.64 Å². The molecule has 3 rings (SSSR count). The summed E-state index contributed by atoms with van der Waals surface area (Å²) >= 11 is 0. The largest absolute Gasteiger partial charge is 0.494 e. The maximum absolute atomic E-state index is 10.9. The van der Waals surface area contributed by atoms with Crippen molar-refractivity contribution < 1.29 is 19.1 Å². The third-order valence-electron chi connectivity index (χ3n) is 5.03. The van der Waals surface area contributed by atoms with Crippen LogP contribution in [0.4, 0.5) is 6.01 Å². The Bertz CT molecular complexity index is 887. The quantitative estimate of drug-likeness (QED) is 0.360. The highest BCUT2D eigenvalue weighted by Crippen LogP contribution is 2.22. The van der Waals surface area contributed by atoms with Gasteiger partial charge in [-0.3, -0.25) is 0 Å². The second kappa shape index (κ2) is 11.2. The molecule has 6 heteroatoms. The van der Waals surface area contributed by atoms with Gasteiger partial charge in [0.15, 0.2) is 5.58 Å². The van der Waals surface area contributed by atoms with E-state index in [-0.39, 0.29) is 5.56 Å². The van der Waals surface area contributed by atoms with Crippen LogP contribution in [0.3, 0.4) is 0 Å². The van der Waals surface area contributed by atoms with Gasteiger partial charge in [-0.2, -0.15) is 4.98 Å². The summed E-state index contributed by atoms with van der Waals surface area (Å²) in [6, 6.07) is 15.1. The SMILES string of the molecule is CCCCCCN(CCCCOc1ccc(C(=O)O)cc1)c1nc2ccccc2o1. The van der Waals surface area contributed by atoms with Crippen molar-refractivity contribution in [3.05, 3.63) is 54.1 Å². The summed E-state index contributed by atoms with van der Waals surface area (Å²) in [4.78, 5) is 17.8. The van der Waals surface area contributed by atoms with Crippen molar-refractivity contribution in [3.8, 4) is 5.75 Å². The molecule has 1 N–H and O–H groups in total. The molecule has 3 aromatic rings. The van der Waals surface area contributed by atoms with Crippen molar-refractivity contribution in [3.63, 3.8) is 0 Å². The van der Waals surface area contributed by atoms with Crippen LogP contribution in [-0.2, 0) is 0 Å². The van der Waals surface area contributed by atoms with Crippen molar-refractivity contribution in [2.75, 3.05) is 24.6 Å². The second-order valence-corrected chi connectivity index (χ2v) is 7.40. The number of hydrogen-bond donors (Lipinski definition) is 1. The number of nitrogens with zero attached hydrogens (tertiary/aromatic N) is 2. The third-order valence-corrected chi connectivity index (χ3v) is 5.03. The number of carboxylic acids is 1. The molecule has 30 heavy (non-hydrogen) atoms. The molecule has 0 aliphatic carbocycles. The van der Waals surface area contributed by atoms with Crippen LogP contribution in [0.25, 0.3) is 11.1 Å². The molecule has 6 nitrogen and oxygen atoms in total. The zero-order valence-corrected chi connectivity index (χ0v) is 17.5.